The molecule has 1 atom stereocenters. The predicted molar refractivity (Wildman–Crippen MR) is 70.5 cm³/mol. The van der Waals surface area contributed by atoms with Crippen LogP contribution in [-0.4, -0.2) is 31.1 Å². The fourth-order valence-corrected chi connectivity index (χ4v) is 2.08. The molecule has 5 heteroatoms. The van der Waals surface area contributed by atoms with Crippen LogP contribution >= 0.6 is 0 Å². The van der Waals surface area contributed by atoms with Crippen LogP contribution in [0, 0.1) is 5.82 Å². The largest absolute Gasteiger partial charge is 0.481 e. The first-order chi connectivity index (χ1) is 9.15. The zero-order chi connectivity index (χ0) is 13.7. The lowest BCUT2D eigenvalue weighted by Gasteiger charge is -2.25. The Morgan fingerprint density at radius 2 is 2.21 bits per heavy atom. The molecular weight excluding hydrogens is 247 g/mol. The first-order valence-electron chi connectivity index (χ1n) is 6.58. The molecular formula is C14H19FN2O2. The molecule has 0 spiro atoms. The van der Waals surface area contributed by atoms with Crippen molar-refractivity contribution in [3.8, 4) is 5.75 Å². The molecule has 0 aromatic heterocycles. The molecule has 0 saturated carbocycles. The van der Waals surface area contributed by atoms with Crippen molar-refractivity contribution < 1.29 is 13.9 Å². The van der Waals surface area contributed by atoms with Gasteiger partial charge in [-0.3, -0.25) is 4.79 Å². The number of carbonyl (C=O) groups is 1. The zero-order valence-electron chi connectivity index (χ0n) is 11.0. The normalized spacial score (nSPS) is 17.8. The Balaban J connectivity index is 1.84. The number of ether oxygens (including phenoxy) is 1. The molecule has 0 aliphatic carbocycles. The summed E-state index contributed by atoms with van der Waals surface area (Å²) in [7, 11) is 0. The maximum atomic E-state index is 13.0. The summed E-state index contributed by atoms with van der Waals surface area (Å²) in [4.78, 5) is 12.0. The van der Waals surface area contributed by atoms with E-state index in [1.54, 1.807) is 19.1 Å². The molecule has 2 rings (SSSR count). The Morgan fingerprint density at radius 3 is 2.89 bits per heavy atom. The predicted octanol–water partition coefficient (Wildman–Crippen LogP) is 1.46. The molecule has 0 bridgehead atoms. The average Bonchev–Trinajstić information content (AvgIpc) is 2.40. The van der Waals surface area contributed by atoms with Gasteiger partial charge in [0, 0.05) is 12.1 Å². The summed E-state index contributed by atoms with van der Waals surface area (Å²) < 4.78 is 18.4. The van der Waals surface area contributed by atoms with E-state index in [0.29, 0.717) is 5.75 Å². The number of hydrogen-bond acceptors (Lipinski definition) is 3. The van der Waals surface area contributed by atoms with Crippen LogP contribution in [0.3, 0.4) is 0 Å². The molecule has 1 fully saturated rings. The fourth-order valence-electron chi connectivity index (χ4n) is 2.08. The Labute approximate surface area is 112 Å². The van der Waals surface area contributed by atoms with Crippen molar-refractivity contribution in [2.24, 2.45) is 0 Å². The highest BCUT2D eigenvalue weighted by molar-refractivity contribution is 5.81. The summed E-state index contributed by atoms with van der Waals surface area (Å²) in [5, 5.41) is 6.19. The summed E-state index contributed by atoms with van der Waals surface area (Å²) in [5.74, 6) is -0.160. The standard InChI is InChI=1S/C14H19FN2O2/c1-10(19-13-4-2-3-11(15)9-13)14(18)17-12-5-7-16-8-6-12/h2-4,9-10,12,16H,5-8H2,1H3,(H,17,18). The highest BCUT2D eigenvalue weighted by Gasteiger charge is 2.20. The first kappa shape index (κ1) is 13.8. The molecule has 1 unspecified atom stereocenters. The maximum Gasteiger partial charge on any atom is 0.260 e. The quantitative estimate of drug-likeness (QED) is 0.867. The summed E-state index contributed by atoms with van der Waals surface area (Å²) in [6.45, 7) is 3.51. The van der Waals surface area contributed by atoms with Crippen LogP contribution < -0.4 is 15.4 Å². The number of halogens is 1. The van der Waals surface area contributed by atoms with Crippen LogP contribution in [0.4, 0.5) is 4.39 Å². The van der Waals surface area contributed by atoms with E-state index in [0.717, 1.165) is 25.9 Å². The topological polar surface area (TPSA) is 50.4 Å². The summed E-state index contributed by atoms with van der Waals surface area (Å²) in [6.07, 6.45) is 1.23. The molecule has 1 aliphatic heterocycles. The van der Waals surface area contributed by atoms with Crippen LogP contribution in [0.2, 0.25) is 0 Å². The fraction of sp³-hybridized carbons (Fsp3) is 0.500. The van der Waals surface area contributed by atoms with Crippen molar-refractivity contribution in [2.45, 2.75) is 31.9 Å². The minimum Gasteiger partial charge on any atom is -0.481 e. The van der Waals surface area contributed by atoms with E-state index in [1.165, 1.54) is 12.1 Å². The highest BCUT2D eigenvalue weighted by Crippen LogP contribution is 2.14. The molecule has 1 aromatic carbocycles. The van der Waals surface area contributed by atoms with Gasteiger partial charge in [0.05, 0.1) is 0 Å². The molecule has 19 heavy (non-hydrogen) atoms. The molecule has 0 radical (unpaired) electrons. The SMILES string of the molecule is CC(Oc1cccc(F)c1)C(=O)NC1CCNCC1. The molecule has 4 nitrogen and oxygen atoms in total. The Kier molecular flexibility index (Phi) is 4.74. The van der Waals surface area contributed by atoms with Crippen LogP contribution in [0.5, 0.6) is 5.75 Å². The van der Waals surface area contributed by atoms with Crippen molar-refractivity contribution in [2.75, 3.05) is 13.1 Å². The molecule has 1 amide bonds. The summed E-state index contributed by atoms with van der Waals surface area (Å²) in [5.41, 5.74) is 0. The van der Waals surface area contributed by atoms with Gasteiger partial charge in [-0.25, -0.2) is 4.39 Å². The van der Waals surface area contributed by atoms with Crippen molar-refractivity contribution >= 4 is 5.91 Å². The van der Waals surface area contributed by atoms with E-state index in [1.807, 2.05) is 0 Å². The van der Waals surface area contributed by atoms with Gasteiger partial charge in [0.25, 0.3) is 5.91 Å². The molecule has 1 aliphatic rings. The van der Waals surface area contributed by atoms with Gasteiger partial charge in [0.1, 0.15) is 11.6 Å². The third-order valence-electron chi connectivity index (χ3n) is 3.16. The van der Waals surface area contributed by atoms with Gasteiger partial charge in [-0.05, 0) is 45.0 Å². The molecule has 104 valence electrons. The lowest BCUT2D eigenvalue weighted by molar-refractivity contribution is -0.128. The Morgan fingerprint density at radius 1 is 1.47 bits per heavy atom. The number of rotatable bonds is 4. The number of nitrogens with one attached hydrogen (secondary N) is 2. The number of carbonyl (C=O) groups excluding carboxylic acids is 1. The van der Waals surface area contributed by atoms with E-state index in [4.69, 9.17) is 4.74 Å². The van der Waals surface area contributed by atoms with Crippen LogP contribution in [0.25, 0.3) is 0 Å². The lowest BCUT2D eigenvalue weighted by Crippen LogP contribution is -2.46. The van der Waals surface area contributed by atoms with E-state index in [9.17, 15) is 9.18 Å². The molecule has 1 aromatic rings. The third kappa shape index (κ3) is 4.21. The van der Waals surface area contributed by atoms with Gasteiger partial charge < -0.3 is 15.4 Å². The van der Waals surface area contributed by atoms with E-state index in [-0.39, 0.29) is 17.8 Å². The van der Waals surface area contributed by atoms with Crippen molar-refractivity contribution in [3.05, 3.63) is 30.1 Å². The van der Waals surface area contributed by atoms with Crippen LogP contribution in [-0.2, 0) is 4.79 Å². The second-order valence-electron chi connectivity index (χ2n) is 4.75. The lowest BCUT2D eigenvalue weighted by atomic mass is 10.1. The zero-order valence-corrected chi connectivity index (χ0v) is 11.0. The maximum absolute atomic E-state index is 13.0. The van der Waals surface area contributed by atoms with Gasteiger partial charge in [0.2, 0.25) is 0 Å². The second-order valence-corrected chi connectivity index (χ2v) is 4.75. The van der Waals surface area contributed by atoms with Gasteiger partial charge >= 0.3 is 0 Å². The minimum atomic E-state index is -0.628. The Bertz CT molecular complexity index is 433. The summed E-state index contributed by atoms with van der Waals surface area (Å²) in [6, 6.07) is 6.01. The van der Waals surface area contributed by atoms with Crippen molar-refractivity contribution in [3.63, 3.8) is 0 Å². The number of piperidine rings is 1. The third-order valence-corrected chi connectivity index (χ3v) is 3.16. The number of hydrogen-bond donors (Lipinski definition) is 2. The minimum absolute atomic E-state index is 0.156. The summed E-state index contributed by atoms with van der Waals surface area (Å²) >= 11 is 0. The average molecular weight is 266 g/mol. The van der Waals surface area contributed by atoms with E-state index < -0.39 is 6.10 Å². The van der Waals surface area contributed by atoms with E-state index >= 15 is 0 Å². The monoisotopic (exact) mass is 266 g/mol. The van der Waals surface area contributed by atoms with Gasteiger partial charge in [-0.15, -0.1) is 0 Å². The van der Waals surface area contributed by atoms with Crippen LogP contribution in [0.15, 0.2) is 24.3 Å². The highest BCUT2D eigenvalue weighted by atomic mass is 19.1. The smallest absolute Gasteiger partial charge is 0.260 e. The van der Waals surface area contributed by atoms with Gasteiger partial charge in [-0.2, -0.15) is 0 Å². The molecule has 2 N–H and O–H groups in total. The molecule has 1 heterocycles. The van der Waals surface area contributed by atoms with Crippen LogP contribution in [0.1, 0.15) is 19.8 Å². The number of benzene rings is 1. The second kappa shape index (κ2) is 6.52. The van der Waals surface area contributed by atoms with Crippen molar-refractivity contribution in [1.29, 1.82) is 0 Å². The molecule has 1 saturated heterocycles. The Hall–Kier alpha value is -1.62. The first-order valence-corrected chi connectivity index (χ1v) is 6.58. The van der Waals surface area contributed by atoms with E-state index in [2.05, 4.69) is 10.6 Å². The van der Waals surface area contributed by atoms with Crippen molar-refractivity contribution in [1.82, 2.24) is 10.6 Å². The number of amides is 1. The van der Waals surface area contributed by atoms with Gasteiger partial charge in [0.15, 0.2) is 6.10 Å². The van der Waals surface area contributed by atoms with Gasteiger partial charge in [-0.1, -0.05) is 6.07 Å².